The normalized spacial score (nSPS) is 11.4. The van der Waals surface area contributed by atoms with E-state index in [0.29, 0.717) is 30.2 Å². The average Bonchev–Trinajstić information content (AvgIpc) is 3.03. The zero-order valence-electron chi connectivity index (χ0n) is 16.3. The molecule has 146 valence electrons. The van der Waals surface area contributed by atoms with E-state index < -0.39 is 14.0 Å². The van der Waals surface area contributed by atoms with E-state index in [1.807, 2.05) is 18.2 Å². The van der Waals surface area contributed by atoms with Gasteiger partial charge in [0.25, 0.3) is 0 Å². The average molecular weight is 389 g/mol. The van der Waals surface area contributed by atoms with Crippen LogP contribution in [0.5, 0.6) is 5.75 Å². The molecular weight excluding hydrogens is 360 g/mol. The predicted molar refractivity (Wildman–Crippen MR) is 109 cm³/mol. The highest BCUT2D eigenvalue weighted by Crippen LogP contribution is 2.26. The van der Waals surface area contributed by atoms with Gasteiger partial charge in [0.1, 0.15) is 23.7 Å². The second-order valence-corrected chi connectivity index (χ2v) is 13.2. The lowest BCUT2D eigenvalue weighted by atomic mass is 10.1. The molecule has 0 unspecified atom stereocenters. The molecule has 0 amide bonds. The first-order valence-electron chi connectivity index (χ1n) is 9.03. The summed E-state index contributed by atoms with van der Waals surface area (Å²) in [7, 11) is -1.16. The Morgan fingerprint density at radius 2 is 2.11 bits per heavy atom. The van der Waals surface area contributed by atoms with Crippen LogP contribution in [0.4, 0.5) is 0 Å². The molecule has 0 aliphatic rings. The molecule has 1 N–H and O–H groups in total. The third-order valence-corrected chi connectivity index (χ3v) is 5.61. The fraction of sp³-hybridized carbons (Fsp3) is 0.400. The first kappa shape index (κ1) is 20.9. The van der Waals surface area contributed by atoms with Crippen LogP contribution in [-0.4, -0.2) is 42.1 Å². The van der Waals surface area contributed by atoms with Crippen LogP contribution in [0.2, 0.25) is 25.7 Å². The van der Waals surface area contributed by atoms with Gasteiger partial charge in [-0.15, -0.1) is 6.58 Å². The molecule has 0 spiro atoms. The Labute approximate surface area is 161 Å². The molecule has 0 bridgehead atoms. The van der Waals surface area contributed by atoms with E-state index in [4.69, 9.17) is 9.47 Å². The maximum absolute atomic E-state index is 11.6. The van der Waals surface area contributed by atoms with Gasteiger partial charge in [-0.2, -0.15) is 5.10 Å². The summed E-state index contributed by atoms with van der Waals surface area (Å²) in [5, 5.41) is 14.0. The van der Waals surface area contributed by atoms with E-state index in [9.17, 15) is 9.90 Å². The smallest absolute Gasteiger partial charge is 0.339 e. The summed E-state index contributed by atoms with van der Waals surface area (Å²) < 4.78 is 12.9. The van der Waals surface area contributed by atoms with Gasteiger partial charge in [0.05, 0.1) is 6.61 Å². The third kappa shape index (κ3) is 6.69. The number of hydrogen-bond donors (Lipinski definition) is 1. The molecule has 0 fully saturated rings. The minimum Gasteiger partial charge on any atom is -0.493 e. The lowest BCUT2D eigenvalue weighted by molar-refractivity contribution is 0.0693. The molecule has 1 heterocycles. The molecule has 0 radical (unpaired) electrons. The highest BCUT2D eigenvalue weighted by Gasteiger charge is 2.18. The Balaban J connectivity index is 2.13. The van der Waals surface area contributed by atoms with E-state index in [-0.39, 0.29) is 12.3 Å². The van der Waals surface area contributed by atoms with Gasteiger partial charge in [-0.25, -0.2) is 9.48 Å². The van der Waals surface area contributed by atoms with Crippen LogP contribution in [-0.2, 0) is 11.5 Å². The molecule has 27 heavy (non-hydrogen) atoms. The minimum atomic E-state index is -1.16. The number of hydrogen-bond acceptors (Lipinski definition) is 4. The van der Waals surface area contributed by atoms with Crippen LogP contribution >= 0.6 is 0 Å². The van der Waals surface area contributed by atoms with E-state index in [1.165, 1.54) is 10.9 Å². The molecule has 1 aromatic heterocycles. The zero-order valence-corrected chi connectivity index (χ0v) is 17.3. The number of rotatable bonds is 11. The molecule has 7 heteroatoms. The van der Waals surface area contributed by atoms with E-state index in [1.54, 1.807) is 12.1 Å². The van der Waals surface area contributed by atoms with Crippen molar-refractivity contribution < 1.29 is 19.4 Å². The van der Waals surface area contributed by atoms with Crippen molar-refractivity contribution in [3.05, 3.63) is 48.7 Å². The number of carbonyl (C=O) groups is 1. The van der Waals surface area contributed by atoms with Crippen LogP contribution in [0.3, 0.4) is 0 Å². The summed E-state index contributed by atoms with van der Waals surface area (Å²) in [5.41, 5.74) is 1.25. The predicted octanol–water partition coefficient (Wildman–Crippen LogP) is 4.52. The Morgan fingerprint density at radius 3 is 2.78 bits per heavy atom. The van der Waals surface area contributed by atoms with Crippen LogP contribution in [0, 0.1) is 0 Å². The number of carboxylic acid groups (broad SMARTS) is 1. The first-order chi connectivity index (χ1) is 12.8. The summed E-state index contributed by atoms with van der Waals surface area (Å²) >= 11 is 0. The monoisotopic (exact) mass is 388 g/mol. The molecule has 0 aliphatic carbocycles. The van der Waals surface area contributed by atoms with Gasteiger partial charge in [0.15, 0.2) is 0 Å². The molecule has 0 saturated heterocycles. The molecule has 0 aliphatic heterocycles. The first-order valence-corrected chi connectivity index (χ1v) is 12.7. The maximum Gasteiger partial charge on any atom is 0.339 e. The second-order valence-electron chi connectivity index (χ2n) is 7.54. The molecule has 2 rings (SSSR count). The van der Waals surface area contributed by atoms with Crippen LogP contribution in [0.15, 0.2) is 43.1 Å². The SMILES string of the molecule is C=CCCOc1cccc(-c2nn(COCC[Si](C)(C)C)cc2C(=O)O)c1. The van der Waals surface area contributed by atoms with Gasteiger partial charge in [-0.3, -0.25) is 0 Å². The van der Waals surface area contributed by atoms with Crippen molar-refractivity contribution in [1.29, 1.82) is 0 Å². The number of ether oxygens (including phenoxy) is 2. The molecule has 0 atom stereocenters. The summed E-state index contributed by atoms with van der Waals surface area (Å²) in [6.45, 7) is 11.9. The summed E-state index contributed by atoms with van der Waals surface area (Å²) in [4.78, 5) is 11.6. The van der Waals surface area contributed by atoms with Gasteiger partial charge >= 0.3 is 5.97 Å². The quantitative estimate of drug-likeness (QED) is 0.348. The van der Waals surface area contributed by atoms with Crippen molar-refractivity contribution in [3.8, 4) is 17.0 Å². The maximum atomic E-state index is 11.6. The van der Waals surface area contributed by atoms with Crippen molar-refractivity contribution >= 4 is 14.0 Å². The molecule has 6 nitrogen and oxygen atoms in total. The van der Waals surface area contributed by atoms with Gasteiger partial charge in [-0.05, 0) is 24.6 Å². The Kier molecular flexibility index (Phi) is 7.38. The van der Waals surface area contributed by atoms with E-state index in [2.05, 4.69) is 31.3 Å². The van der Waals surface area contributed by atoms with Crippen LogP contribution < -0.4 is 4.74 Å². The number of nitrogens with zero attached hydrogens (tertiary/aromatic N) is 2. The van der Waals surface area contributed by atoms with Crippen molar-refractivity contribution in [3.63, 3.8) is 0 Å². The van der Waals surface area contributed by atoms with Crippen molar-refractivity contribution in [2.75, 3.05) is 13.2 Å². The second kappa shape index (κ2) is 9.52. The lowest BCUT2D eigenvalue weighted by Crippen LogP contribution is -2.22. The van der Waals surface area contributed by atoms with Crippen LogP contribution in [0.1, 0.15) is 16.8 Å². The van der Waals surface area contributed by atoms with E-state index >= 15 is 0 Å². The highest BCUT2D eigenvalue weighted by molar-refractivity contribution is 6.76. The summed E-state index contributed by atoms with van der Waals surface area (Å²) in [6.07, 6.45) is 4.04. The summed E-state index contributed by atoms with van der Waals surface area (Å²) in [5.74, 6) is -0.344. The molecule has 1 aromatic carbocycles. The number of benzene rings is 1. The third-order valence-electron chi connectivity index (χ3n) is 3.91. The lowest BCUT2D eigenvalue weighted by Gasteiger charge is -2.15. The fourth-order valence-electron chi connectivity index (χ4n) is 2.39. The van der Waals surface area contributed by atoms with Gasteiger partial charge in [0, 0.05) is 26.4 Å². The standard InChI is InChI=1S/C20H28N2O4Si/c1-5-6-10-26-17-9-7-8-16(13-17)19-18(20(23)24)14-22(21-19)15-25-11-12-27(2,3)4/h5,7-9,13-14H,1,6,10-12,15H2,2-4H3,(H,23,24). The molecule has 2 aromatic rings. The van der Waals surface area contributed by atoms with Crippen molar-refractivity contribution in [2.45, 2.75) is 38.8 Å². The molecule has 0 saturated carbocycles. The highest BCUT2D eigenvalue weighted by atomic mass is 28.3. The van der Waals surface area contributed by atoms with Gasteiger partial charge in [0.2, 0.25) is 0 Å². The Bertz CT molecular complexity index is 781. The number of aromatic nitrogens is 2. The van der Waals surface area contributed by atoms with Crippen molar-refractivity contribution in [1.82, 2.24) is 9.78 Å². The Morgan fingerprint density at radius 1 is 1.33 bits per heavy atom. The molecular formula is C20H28N2O4Si. The Hall–Kier alpha value is -2.38. The fourth-order valence-corrected chi connectivity index (χ4v) is 3.14. The van der Waals surface area contributed by atoms with Gasteiger partial charge in [-0.1, -0.05) is 37.8 Å². The van der Waals surface area contributed by atoms with E-state index in [0.717, 1.165) is 12.5 Å². The minimum absolute atomic E-state index is 0.145. The van der Waals surface area contributed by atoms with Gasteiger partial charge < -0.3 is 14.6 Å². The number of aromatic carboxylic acids is 1. The van der Waals surface area contributed by atoms with Crippen LogP contribution in [0.25, 0.3) is 11.3 Å². The number of carboxylic acids is 1. The summed E-state index contributed by atoms with van der Waals surface area (Å²) in [6, 6.07) is 8.34. The topological polar surface area (TPSA) is 73.6 Å². The largest absolute Gasteiger partial charge is 0.493 e. The van der Waals surface area contributed by atoms with Crippen molar-refractivity contribution in [2.24, 2.45) is 0 Å². The zero-order chi connectivity index (χ0) is 19.9.